The van der Waals surface area contributed by atoms with Crippen molar-refractivity contribution in [2.24, 2.45) is 5.92 Å². The minimum Gasteiger partial charge on any atom is -0.310 e. The first-order valence-corrected chi connectivity index (χ1v) is 6.05. The van der Waals surface area contributed by atoms with E-state index >= 15 is 0 Å². The van der Waals surface area contributed by atoms with E-state index in [4.69, 9.17) is 0 Å². The van der Waals surface area contributed by atoms with Gasteiger partial charge in [-0.15, -0.1) is 0 Å². The summed E-state index contributed by atoms with van der Waals surface area (Å²) in [6.45, 7) is 9.48. The molecule has 0 saturated heterocycles. The lowest BCUT2D eigenvalue weighted by atomic mass is 9.92. The van der Waals surface area contributed by atoms with E-state index in [0.717, 1.165) is 24.1 Å². The van der Waals surface area contributed by atoms with E-state index in [0.29, 0.717) is 5.92 Å². The van der Waals surface area contributed by atoms with E-state index in [1.54, 1.807) is 6.07 Å². The number of benzene rings is 1. The van der Waals surface area contributed by atoms with Gasteiger partial charge in [0.1, 0.15) is 5.82 Å². The third kappa shape index (κ3) is 3.31. The molecule has 0 amide bonds. The lowest BCUT2D eigenvalue weighted by molar-refractivity contribution is 0.409. The fourth-order valence-corrected chi connectivity index (χ4v) is 1.95. The Hall–Kier alpha value is -0.890. The van der Waals surface area contributed by atoms with Crippen LogP contribution >= 0.6 is 0 Å². The number of rotatable bonds is 5. The van der Waals surface area contributed by atoms with Gasteiger partial charge >= 0.3 is 0 Å². The molecule has 0 fully saturated rings. The van der Waals surface area contributed by atoms with Crippen molar-refractivity contribution >= 4 is 0 Å². The highest BCUT2D eigenvalue weighted by atomic mass is 19.1. The summed E-state index contributed by atoms with van der Waals surface area (Å²) in [4.78, 5) is 0. The molecule has 0 aliphatic carbocycles. The summed E-state index contributed by atoms with van der Waals surface area (Å²) in [5.74, 6) is 0.316. The molecule has 1 rings (SSSR count). The minimum atomic E-state index is -0.149. The molecule has 1 unspecified atom stereocenters. The van der Waals surface area contributed by atoms with Gasteiger partial charge in [0.15, 0.2) is 0 Å². The topological polar surface area (TPSA) is 12.0 Å². The van der Waals surface area contributed by atoms with Gasteiger partial charge in [-0.25, -0.2) is 4.39 Å². The first kappa shape index (κ1) is 13.2. The number of nitrogens with one attached hydrogen (secondary N) is 1. The maximum Gasteiger partial charge on any atom is 0.123 e. The lowest BCUT2D eigenvalue weighted by Gasteiger charge is -2.24. The third-order valence-corrected chi connectivity index (χ3v) is 2.86. The molecule has 0 aromatic heterocycles. The molecular formula is C14H22FN. The number of hydrogen-bond acceptors (Lipinski definition) is 1. The standard InChI is InChI=1S/C14H22FN/c1-5-8-16-14(10(2)3)13-9-12(15)7-6-11(13)4/h6-7,9-10,14,16H,5,8H2,1-4H3. The molecule has 0 saturated carbocycles. The Kier molecular flexibility index (Phi) is 4.94. The van der Waals surface area contributed by atoms with Gasteiger partial charge < -0.3 is 5.32 Å². The van der Waals surface area contributed by atoms with Crippen molar-refractivity contribution < 1.29 is 4.39 Å². The van der Waals surface area contributed by atoms with Crippen LogP contribution in [0.1, 0.15) is 44.4 Å². The highest BCUT2D eigenvalue weighted by Crippen LogP contribution is 2.25. The van der Waals surface area contributed by atoms with Gasteiger partial charge in [0.2, 0.25) is 0 Å². The van der Waals surface area contributed by atoms with Crippen LogP contribution < -0.4 is 5.32 Å². The summed E-state index contributed by atoms with van der Waals surface area (Å²) in [6, 6.07) is 5.28. The normalized spacial score (nSPS) is 13.1. The fourth-order valence-electron chi connectivity index (χ4n) is 1.95. The monoisotopic (exact) mass is 223 g/mol. The molecule has 1 aromatic rings. The van der Waals surface area contributed by atoms with Crippen LogP contribution in [-0.4, -0.2) is 6.54 Å². The first-order valence-electron chi connectivity index (χ1n) is 6.05. The summed E-state index contributed by atoms with van der Waals surface area (Å²) in [6.07, 6.45) is 1.09. The van der Waals surface area contributed by atoms with Crippen LogP contribution in [0.15, 0.2) is 18.2 Å². The van der Waals surface area contributed by atoms with Gasteiger partial charge in [-0.2, -0.15) is 0 Å². The molecule has 1 nitrogen and oxygen atoms in total. The Morgan fingerprint density at radius 2 is 2.00 bits per heavy atom. The molecule has 1 aromatic carbocycles. The van der Waals surface area contributed by atoms with E-state index in [1.807, 2.05) is 13.0 Å². The van der Waals surface area contributed by atoms with Crippen molar-refractivity contribution in [3.63, 3.8) is 0 Å². The smallest absolute Gasteiger partial charge is 0.123 e. The van der Waals surface area contributed by atoms with Crippen molar-refractivity contribution in [2.45, 2.75) is 40.2 Å². The summed E-state index contributed by atoms with van der Waals surface area (Å²) in [7, 11) is 0. The first-order chi connectivity index (χ1) is 7.56. The molecule has 1 atom stereocenters. The van der Waals surface area contributed by atoms with Crippen molar-refractivity contribution in [1.29, 1.82) is 0 Å². The molecule has 0 bridgehead atoms. The summed E-state index contributed by atoms with van der Waals surface area (Å²) < 4.78 is 13.3. The SMILES string of the molecule is CCCNC(c1cc(F)ccc1C)C(C)C. The Morgan fingerprint density at radius 1 is 1.31 bits per heavy atom. The molecular weight excluding hydrogens is 201 g/mol. The molecule has 90 valence electrons. The van der Waals surface area contributed by atoms with Crippen molar-refractivity contribution in [3.8, 4) is 0 Å². The van der Waals surface area contributed by atoms with E-state index in [9.17, 15) is 4.39 Å². The third-order valence-electron chi connectivity index (χ3n) is 2.86. The zero-order valence-corrected chi connectivity index (χ0v) is 10.7. The predicted molar refractivity (Wildman–Crippen MR) is 67.0 cm³/mol. The van der Waals surface area contributed by atoms with Gasteiger partial charge in [0.25, 0.3) is 0 Å². The van der Waals surface area contributed by atoms with Crippen LogP contribution in [0.3, 0.4) is 0 Å². The quantitative estimate of drug-likeness (QED) is 0.800. The highest BCUT2D eigenvalue weighted by molar-refractivity contribution is 5.29. The number of hydrogen-bond donors (Lipinski definition) is 1. The molecule has 0 aliphatic heterocycles. The molecule has 0 spiro atoms. The number of aryl methyl sites for hydroxylation is 1. The molecule has 0 radical (unpaired) electrons. The minimum absolute atomic E-state index is 0.149. The second-order valence-corrected chi connectivity index (χ2v) is 4.68. The second-order valence-electron chi connectivity index (χ2n) is 4.68. The van der Waals surface area contributed by atoms with Crippen LogP contribution in [0.4, 0.5) is 4.39 Å². The van der Waals surface area contributed by atoms with E-state index in [1.165, 1.54) is 6.07 Å². The largest absolute Gasteiger partial charge is 0.310 e. The van der Waals surface area contributed by atoms with Crippen molar-refractivity contribution in [1.82, 2.24) is 5.32 Å². The van der Waals surface area contributed by atoms with Crippen LogP contribution in [0.25, 0.3) is 0 Å². The van der Waals surface area contributed by atoms with Crippen LogP contribution in [-0.2, 0) is 0 Å². The number of halogens is 1. The van der Waals surface area contributed by atoms with Crippen LogP contribution in [0.2, 0.25) is 0 Å². The maximum atomic E-state index is 13.3. The maximum absolute atomic E-state index is 13.3. The highest BCUT2D eigenvalue weighted by Gasteiger charge is 2.17. The summed E-state index contributed by atoms with van der Waals surface area (Å²) in [5, 5.41) is 3.49. The molecule has 16 heavy (non-hydrogen) atoms. The predicted octanol–water partition coefficient (Wildman–Crippen LogP) is 3.83. The van der Waals surface area contributed by atoms with Crippen molar-refractivity contribution in [3.05, 3.63) is 35.1 Å². The molecule has 1 N–H and O–H groups in total. The Morgan fingerprint density at radius 3 is 2.56 bits per heavy atom. The summed E-state index contributed by atoms with van der Waals surface area (Å²) >= 11 is 0. The Bertz CT molecular complexity index is 334. The van der Waals surface area contributed by atoms with E-state index in [2.05, 4.69) is 26.1 Å². The molecule has 0 aliphatic rings. The van der Waals surface area contributed by atoms with Gasteiger partial charge in [0, 0.05) is 6.04 Å². The van der Waals surface area contributed by atoms with Crippen LogP contribution in [0.5, 0.6) is 0 Å². The average molecular weight is 223 g/mol. The van der Waals surface area contributed by atoms with Gasteiger partial charge in [0.05, 0.1) is 0 Å². The zero-order valence-electron chi connectivity index (χ0n) is 10.7. The zero-order chi connectivity index (χ0) is 12.1. The van der Waals surface area contributed by atoms with Crippen molar-refractivity contribution in [2.75, 3.05) is 6.54 Å². The fraction of sp³-hybridized carbons (Fsp3) is 0.571. The molecule has 0 heterocycles. The lowest BCUT2D eigenvalue weighted by Crippen LogP contribution is -2.27. The van der Waals surface area contributed by atoms with E-state index < -0.39 is 0 Å². The van der Waals surface area contributed by atoms with Gasteiger partial charge in [-0.05, 0) is 49.1 Å². The van der Waals surface area contributed by atoms with Gasteiger partial charge in [-0.1, -0.05) is 26.8 Å². The molecule has 2 heteroatoms. The summed E-state index contributed by atoms with van der Waals surface area (Å²) in [5.41, 5.74) is 2.24. The van der Waals surface area contributed by atoms with Gasteiger partial charge in [-0.3, -0.25) is 0 Å². The van der Waals surface area contributed by atoms with E-state index in [-0.39, 0.29) is 11.9 Å². The Labute approximate surface area is 98.1 Å². The average Bonchev–Trinajstić information content (AvgIpc) is 2.23. The Balaban J connectivity index is 2.95. The van der Waals surface area contributed by atoms with Crippen LogP contribution in [0, 0.1) is 18.7 Å². The second kappa shape index (κ2) is 6.00.